The molecule has 39 heavy (non-hydrogen) atoms. The van der Waals surface area contributed by atoms with E-state index in [-0.39, 0.29) is 24.7 Å². The van der Waals surface area contributed by atoms with Crippen molar-refractivity contribution in [3.8, 4) is 5.75 Å². The summed E-state index contributed by atoms with van der Waals surface area (Å²) in [6.45, 7) is 6.43. The van der Waals surface area contributed by atoms with Crippen LogP contribution in [0.3, 0.4) is 0 Å². The van der Waals surface area contributed by atoms with Gasteiger partial charge in [-0.25, -0.2) is 14.8 Å². The minimum Gasteiger partial charge on any atom is -0.488 e. The number of carbonyl (C=O) groups excluding carboxylic acids is 2. The number of rotatable bonds is 6. The number of alkyl halides is 3. The molecule has 4 aliphatic heterocycles. The van der Waals surface area contributed by atoms with Gasteiger partial charge in [-0.3, -0.25) is 15.0 Å². The molecule has 5 rings (SSSR count). The monoisotopic (exact) mass is 553 g/mol. The molecular formula is C24H30F3N7O5. The van der Waals surface area contributed by atoms with Crippen LogP contribution in [-0.2, 0) is 14.3 Å². The van der Waals surface area contributed by atoms with Gasteiger partial charge in [-0.05, 0) is 33.3 Å². The Balaban J connectivity index is 1.23. The minimum atomic E-state index is -4.57. The molecule has 1 aromatic rings. The third-order valence-electron chi connectivity index (χ3n) is 6.79. The Bertz CT molecular complexity index is 1170. The number of allylic oxidation sites excluding steroid dienone is 1. The summed E-state index contributed by atoms with van der Waals surface area (Å²) in [5, 5.41) is 7.56. The molecule has 12 nitrogen and oxygen atoms in total. The average Bonchev–Trinajstić information content (AvgIpc) is 3.45. The highest BCUT2D eigenvalue weighted by atomic mass is 19.4. The highest BCUT2D eigenvalue weighted by molar-refractivity contribution is 5.90. The van der Waals surface area contributed by atoms with Gasteiger partial charge in [0.15, 0.2) is 11.5 Å². The maximum Gasteiger partial charge on any atom is 0.408 e. The molecule has 4 aliphatic rings. The molecule has 0 aromatic carbocycles. The molecule has 0 radical (unpaired) electrons. The maximum atomic E-state index is 13.3. The van der Waals surface area contributed by atoms with Crippen LogP contribution in [-0.4, -0.2) is 94.2 Å². The number of amides is 3. The Kier molecular flexibility index (Phi) is 7.05. The summed E-state index contributed by atoms with van der Waals surface area (Å²) in [7, 11) is 0. The second-order valence-electron chi connectivity index (χ2n) is 10.2. The molecule has 2 fully saturated rings. The fourth-order valence-corrected chi connectivity index (χ4v) is 4.79. The van der Waals surface area contributed by atoms with Gasteiger partial charge >= 0.3 is 12.2 Å². The zero-order valence-corrected chi connectivity index (χ0v) is 21.6. The normalized spacial score (nSPS) is 26.2. The number of anilines is 1. The summed E-state index contributed by atoms with van der Waals surface area (Å²) in [4.78, 5) is 37.7. The molecule has 5 heterocycles. The van der Waals surface area contributed by atoms with E-state index >= 15 is 0 Å². The number of ether oxygens (including phenoxy) is 3. The molecule has 1 aromatic heterocycles. The number of carbonyl (C=O) groups is 2. The third kappa shape index (κ3) is 5.88. The number of hydrogen-bond acceptors (Lipinski definition) is 9. The van der Waals surface area contributed by atoms with Crippen LogP contribution in [0.15, 0.2) is 36.1 Å². The van der Waals surface area contributed by atoms with Crippen molar-refractivity contribution in [1.29, 1.82) is 0 Å². The lowest BCUT2D eigenvalue weighted by Gasteiger charge is -2.40. The van der Waals surface area contributed by atoms with Crippen LogP contribution in [0.2, 0.25) is 0 Å². The predicted octanol–water partition coefficient (Wildman–Crippen LogP) is 1.69. The van der Waals surface area contributed by atoms with Crippen molar-refractivity contribution in [2.24, 2.45) is 0 Å². The van der Waals surface area contributed by atoms with Crippen molar-refractivity contribution in [1.82, 2.24) is 30.4 Å². The lowest BCUT2D eigenvalue weighted by molar-refractivity contribution is -0.158. The molecule has 1 unspecified atom stereocenters. The summed E-state index contributed by atoms with van der Waals surface area (Å²) in [6.07, 6.45) is 1.85. The Morgan fingerprint density at radius 3 is 2.72 bits per heavy atom. The highest BCUT2D eigenvalue weighted by Gasteiger charge is 2.44. The van der Waals surface area contributed by atoms with Gasteiger partial charge in [0.1, 0.15) is 30.6 Å². The number of dihydropyridines is 1. The summed E-state index contributed by atoms with van der Waals surface area (Å²) in [6, 6.07) is -3.85. The van der Waals surface area contributed by atoms with Gasteiger partial charge in [0.2, 0.25) is 11.9 Å². The largest absolute Gasteiger partial charge is 0.488 e. The van der Waals surface area contributed by atoms with Gasteiger partial charge in [-0.1, -0.05) is 6.08 Å². The highest BCUT2D eigenvalue weighted by Crippen LogP contribution is 2.33. The minimum absolute atomic E-state index is 0.0381. The van der Waals surface area contributed by atoms with Gasteiger partial charge in [0.25, 0.3) is 0 Å². The quantitative estimate of drug-likeness (QED) is 0.482. The summed E-state index contributed by atoms with van der Waals surface area (Å²) in [5.74, 6) is -0.751. The van der Waals surface area contributed by atoms with Crippen molar-refractivity contribution >= 4 is 17.9 Å². The maximum absolute atomic E-state index is 13.3. The van der Waals surface area contributed by atoms with E-state index in [1.807, 2.05) is 19.2 Å². The first-order valence-corrected chi connectivity index (χ1v) is 12.6. The zero-order valence-electron chi connectivity index (χ0n) is 21.6. The van der Waals surface area contributed by atoms with E-state index < -0.39 is 36.0 Å². The SMILES string of the molecule is C[C@@H](NC(=O)C1C=CC2=C(N1)N(C(=O)Nc1ncc(OC[C@H]3COC(C)(C)O3)cn1)[C@H]1CCN2C1)C(F)(F)F. The molecule has 212 valence electrons. The predicted molar refractivity (Wildman–Crippen MR) is 130 cm³/mol. The third-order valence-corrected chi connectivity index (χ3v) is 6.79. The molecule has 15 heteroatoms. The average molecular weight is 554 g/mol. The van der Waals surface area contributed by atoms with E-state index in [1.165, 1.54) is 23.4 Å². The molecule has 3 amide bonds. The number of nitrogens with one attached hydrogen (secondary N) is 3. The standard InChI is InChI=1S/C24H30F3N7O5/c1-13(24(25,26)27)30-20(35)17-4-5-18-19(31-17)34(14-6-7-33(18)10-14)22(36)32-21-28-8-15(9-29-21)37-11-16-12-38-23(2,3)39-16/h4-5,8-9,13-14,16-17,31H,6-7,10-12H2,1-3H3,(H,30,35)(H,28,29,32,36)/t13-,14+,16+,17?/m1/s1. The number of halogens is 3. The van der Waals surface area contributed by atoms with Crippen molar-refractivity contribution in [2.75, 3.05) is 31.6 Å². The smallest absolute Gasteiger partial charge is 0.408 e. The van der Waals surface area contributed by atoms with Gasteiger partial charge in [0.05, 0.1) is 30.7 Å². The first-order chi connectivity index (χ1) is 18.4. The van der Waals surface area contributed by atoms with Crippen molar-refractivity contribution < 1.29 is 37.0 Å². The van der Waals surface area contributed by atoms with Gasteiger partial charge in [-0.15, -0.1) is 0 Å². The molecule has 3 N–H and O–H groups in total. The van der Waals surface area contributed by atoms with Gasteiger partial charge in [-0.2, -0.15) is 13.2 Å². The number of urea groups is 1. The molecular weight excluding hydrogens is 523 g/mol. The summed E-state index contributed by atoms with van der Waals surface area (Å²) >= 11 is 0. The number of aromatic nitrogens is 2. The second-order valence-corrected chi connectivity index (χ2v) is 10.2. The van der Waals surface area contributed by atoms with Gasteiger partial charge < -0.3 is 29.7 Å². The van der Waals surface area contributed by atoms with Crippen LogP contribution in [0.4, 0.5) is 23.9 Å². The first-order valence-electron chi connectivity index (χ1n) is 12.6. The topological polar surface area (TPSA) is 130 Å². The second kappa shape index (κ2) is 10.2. The van der Waals surface area contributed by atoms with E-state index in [0.717, 1.165) is 6.92 Å². The Morgan fingerprint density at radius 2 is 2.05 bits per heavy atom. The Morgan fingerprint density at radius 1 is 1.31 bits per heavy atom. The summed E-state index contributed by atoms with van der Waals surface area (Å²) < 4.78 is 55.7. The number of hydrogen-bond donors (Lipinski definition) is 3. The van der Waals surface area contributed by atoms with Crippen LogP contribution < -0.4 is 20.7 Å². The molecule has 2 bridgehead atoms. The Labute approximate surface area is 222 Å². The van der Waals surface area contributed by atoms with Crippen LogP contribution >= 0.6 is 0 Å². The van der Waals surface area contributed by atoms with Crippen LogP contribution in [0.25, 0.3) is 0 Å². The zero-order chi connectivity index (χ0) is 27.9. The van der Waals surface area contributed by atoms with Crippen LogP contribution in [0.1, 0.15) is 27.2 Å². The molecule has 0 spiro atoms. The van der Waals surface area contributed by atoms with E-state index in [0.29, 0.717) is 43.4 Å². The molecule has 0 saturated carbocycles. The number of fused-ring (bicyclic) bond motifs is 3. The molecule has 0 aliphatic carbocycles. The molecule has 4 atom stereocenters. The van der Waals surface area contributed by atoms with E-state index in [9.17, 15) is 22.8 Å². The van der Waals surface area contributed by atoms with Crippen molar-refractivity contribution in [2.45, 2.75) is 63.4 Å². The lowest BCUT2D eigenvalue weighted by Crippen LogP contribution is -2.57. The Hall–Kier alpha value is -3.59. The molecule has 2 saturated heterocycles. The van der Waals surface area contributed by atoms with Crippen molar-refractivity contribution in [3.05, 3.63) is 36.1 Å². The van der Waals surface area contributed by atoms with Crippen LogP contribution in [0.5, 0.6) is 5.75 Å². The van der Waals surface area contributed by atoms with E-state index in [1.54, 1.807) is 6.08 Å². The van der Waals surface area contributed by atoms with E-state index in [2.05, 4.69) is 25.5 Å². The summed E-state index contributed by atoms with van der Waals surface area (Å²) in [5.41, 5.74) is 0.678. The number of nitrogens with zero attached hydrogens (tertiary/aromatic N) is 4. The van der Waals surface area contributed by atoms with Crippen molar-refractivity contribution in [3.63, 3.8) is 0 Å². The van der Waals surface area contributed by atoms with Gasteiger partial charge in [0, 0.05) is 13.1 Å². The van der Waals surface area contributed by atoms with E-state index in [4.69, 9.17) is 14.2 Å². The lowest BCUT2D eigenvalue weighted by atomic mass is 10.1. The van der Waals surface area contributed by atoms with Crippen LogP contribution in [0, 0.1) is 0 Å². The fraction of sp³-hybridized carbons (Fsp3) is 0.583. The first kappa shape index (κ1) is 27.0. The fourth-order valence-electron chi connectivity index (χ4n) is 4.79.